The smallest absolute Gasteiger partial charge is 0.254 e. The third kappa shape index (κ3) is 3.69. The van der Waals surface area contributed by atoms with Crippen molar-refractivity contribution in [2.24, 2.45) is 5.92 Å². The Kier molecular flexibility index (Phi) is 5.09. The standard InChI is InChI=1S/C18H23FN4O2/c1-12-8-22(11-20)10-17(12)21-18(24)15-4-3-13(7-16(15)19)23-6-5-14(9-23)25-2/h3-4,7,12,14,17H,5-6,8-10H2,1-2H3,(H,21,24)/t12-,14?,17-/m0/s1. The Labute approximate surface area is 147 Å². The van der Waals surface area contributed by atoms with Gasteiger partial charge in [0.2, 0.25) is 0 Å². The zero-order valence-corrected chi connectivity index (χ0v) is 14.5. The molecule has 1 amide bonds. The Morgan fingerprint density at radius 2 is 2.20 bits per heavy atom. The summed E-state index contributed by atoms with van der Waals surface area (Å²) in [6, 6.07) is 4.57. The minimum atomic E-state index is -0.529. The first kappa shape index (κ1) is 17.5. The maximum Gasteiger partial charge on any atom is 0.254 e. The quantitative estimate of drug-likeness (QED) is 0.839. The summed E-state index contributed by atoms with van der Waals surface area (Å²) >= 11 is 0. The van der Waals surface area contributed by atoms with Crippen LogP contribution in [0.3, 0.4) is 0 Å². The van der Waals surface area contributed by atoms with Gasteiger partial charge in [0.25, 0.3) is 5.91 Å². The van der Waals surface area contributed by atoms with Gasteiger partial charge in [-0.3, -0.25) is 4.79 Å². The summed E-state index contributed by atoms with van der Waals surface area (Å²) in [6.45, 7) is 4.59. The van der Waals surface area contributed by atoms with Crippen molar-refractivity contribution in [2.45, 2.75) is 25.5 Å². The second kappa shape index (κ2) is 7.28. The number of nitrogens with zero attached hydrogens (tertiary/aromatic N) is 3. The van der Waals surface area contributed by atoms with Crippen molar-refractivity contribution in [3.05, 3.63) is 29.6 Å². The van der Waals surface area contributed by atoms with Gasteiger partial charge in [0.05, 0.1) is 17.7 Å². The second-order valence-electron chi connectivity index (χ2n) is 6.82. The number of ether oxygens (including phenoxy) is 1. The van der Waals surface area contributed by atoms with Gasteiger partial charge in [-0.2, -0.15) is 5.26 Å². The highest BCUT2D eigenvalue weighted by Gasteiger charge is 2.31. The SMILES string of the molecule is COC1CCN(c2ccc(C(=O)N[C@H]3CN(C#N)C[C@@H]3C)c(F)c2)C1. The molecule has 134 valence electrons. The molecular weight excluding hydrogens is 323 g/mol. The van der Waals surface area contributed by atoms with Crippen LogP contribution in [0.15, 0.2) is 18.2 Å². The molecule has 25 heavy (non-hydrogen) atoms. The van der Waals surface area contributed by atoms with Crippen LogP contribution in [0.25, 0.3) is 0 Å². The van der Waals surface area contributed by atoms with Crippen LogP contribution in [0.4, 0.5) is 10.1 Å². The Morgan fingerprint density at radius 3 is 2.80 bits per heavy atom. The fourth-order valence-electron chi connectivity index (χ4n) is 3.52. The van der Waals surface area contributed by atoms with E-state index in [-0.39, 0.29) is 23.6 Å². The lowest BCUT2D eigenvalue weighted by Gasteiger charge is -2.20. The van der Waals surface area contributed by atoms with Gasteiger partial charge in [-0.25, -0.2) is 4.39 Å². The van der Waals surface area contributed by atoms with Gasteiger partial charge in [0.15, 0.2) is 6.19 Å². The molecule has 1 aromatic rings. The van der Waals surface area contributed by atoms with E-state index >= 15 is 0 Å². The fraction of sp³-hybridized carbons (Fsp3) is 0.556. The number of hydrogen-bond donors (Lipinski definition) is 1. The molecule has 3 atom stereocenters. The van der Waals surface area contributed by atoms with E-state index in [1.165, 1.54) is 12.1 Å². The van der Waals surface area contributed by atoms with Gasteiger partial charge in [-0.05, 0) is 30.5 Å². The molecular formula is C18H23FN4O2. The van der Waals surface area contributed by atoms with Crippen LogP contribution >= 0.6 is 0 Å². The Balaban J connectivity index is 1.67. The van der Waals surface area contributed by atoms with Crippen molar-refractivity contribution in [3.63, 3.8) is 0 Å². The molecule has 0 spiro atoms. The number of methoxy groups -OCH3 is 1. The first-order valence-electron chi connectivity index (χ1n) is 8.54. The number of benzene rings is 1. The number of nitriles is 1. The van der Waals surface area contributed by atoms with Gasteiger partial charge in [0, 0.05) is 39.0 Å². The minimum absolute atomic E-state index is 0.0360. The van der Waals surface area contributed by atoms with E-state index in [1.807, 2.05) is 6.92 Å². The number of likely N-dealkylation sites (tertiary alicyclic amines) is 1. The molecule has 2 aliphatic heterocycles. The van der Waals surface area contributed by atoms with E-state index in [2.05, 4.69) is 16.4 Å². The number of nitrogens with one attached hydrogen (secondary N) is 1. The minimum Gasteiger partial charge on any atom is -0.380 e. The number of carbonyl (C=O) groups excluding carboxylic acids is 1. The lowest BCUT2D eigenvalue weighted by molar-refractivity contribution is 0.0928. The van der Waals surface area contributed by atoms with Crippen molar-refractivity contribution < 1.29 is 13.9 Å². The van der Waals surface area contributed by atoms with Gasteiger partial charge in [-0.15, -0.1) is 0 Å². The van der Waals surface area contributed by atoms with Crippen LogP contribution in [0.5, 0.6) is 0 Å². The molecule has 2 saturated heterocycles. The molecule has 0 bridgehead atoms. The molecule has 6 nitrogen and oxygen atoms in total. The number of hydrogen-bond acceptors (Lipinski definition) is 5. The summed E-state index contributed by atoms with van der Waals surface area (Å²) in [5.74, 6) is -0.808. The zero-order chi connectivity index (χ0) is 18.0. The molecule has 0 aromatic heterocycles. The highest BCUT2D eigenvalue weighted by molar-refractivity contribution is 5.95. The number of halogens is 1. The van der Waals surface area contributed by atoms with E-state index in [1.54, 1.807) is 18.1 Å². The van der Waals surface area contributed by atoms with Crippen molar-refractivity contribution in [1.29, 1.82) is 5.26 Å². The average molecular weight is 346 g/mol. The molecule has 2 heterocycles. The Morgan fingerprint density at radius 1 is 1.40 bits per heavy atom. The molecule has 1 N–H and O–H groups in total. The van der Waals surface area contributed by atoms with Gasteiger partial charge >= 0.3 is 0 Å². The Hall–Kier alpha value is -2.33. The average Bonchev–Trinajstić information content (AvgIpc) is 3.21. The maximum atomic E-state index is 14.5. The first-order chi connectivity index (χ1) is 12.0. The van der Waals surface area contributed by atoms with E-state index in [9.17, 15) is 9.18 Å². The highest BCUT2D eigenvalue weighted by Crippen LogP contribution is 2.24. The van der Waals surface area contributed by atoms with Crippen LogP contribution in [0.1, 0.15) is 23.7 Å². The topological polar surface area (TPSA) is 68.6 Å². The lowest BCUT2D eigenvalue weighted by atomic mass is 10.1. The van der Waals surface area contributed by atoms with Crippen molar-refractivity contribution >= 4 is 11.6 Å². The van der Waals surface area contributed by atoms with Crippen LogP contribution in [-0.4, -0.2) is 56.2 Å². The monoisotopic (exact) mass is 346 g/mol. The van der Waals surface area contributed by atoms with Crippen LogP contribution in [0.2, 0.25) is 0 Å². The Bertz CT molecular complexity index is 690. The molecule has 7 heteroatoms. The van der Waals surface area contributed by atoms with Crippen LogP contribution < -0.4 is 10.2 Å². The van der Waals surface area contributed by atoms with Crippen LogP contribution in [-0.2, 0) is 4.74 Å². The van der Waals surface area contributed by atoms with Crippen molar-refractivity contribution in [1.82, 2.24) is 10.2 Å². The molecule has 2 aliphatic rings. The van der Waals surface area contributed by atoms with E-state index in [4.69, 9.17) is 10.00 Å². The van der Waals surface area contributed by atoms with E-state index in [0.717, 1.165) is 25.2 Å². The largest absolute Gasteiger partial charge is 0.380 e. The third-order valence-electron chi connectivity index (χ3n) is 5.11. The summed E-state index contributed by atoms with van der Waals surface area (Å²) in [4.78, 5) is 16.1. The van der Waals surface area contributed by atoms with Crippen molar-refractivity contribution in [2.75, 3.05) is 38.2 Å². The lowest BCUT2D eigenvalue weighted by Crippen LogP contribution is -2.40. The van der Waals surface area contributed by atoms with Crippen molar-refractivity contribution in [3.8, 4) is 6.19 Å². The first-order valence-corrected chi connectivity index (χ1v) is 8.54. The summed E-state index contributed by atoms with van der Waals surface area (Å²) in [6.07, 6.45) is 3.16. The van der Waals surface area contributed by atoms with Gasteiger partial charge in [-0.1, -0.05) is 6.92 Å². The predicted octanol–water partition coefficient (Wildman–Crippen LogP) is 1.58. The summed E-state index contributed by atoms with van der Waals surface area (Å²) in [5, 5.41) is 11.8. The molecule has 2 fully saturated rings. The summed E-state index contributed by atoms with van der Waals surface area (Å²) in [5.41, 5.74) is 0.798. The number of carbonyl (C=O) groups is 1. The molecule has 0 aliphatic carbocycles. The molecule has 0 saturated carbocycles. The number of anilines is 1. The van der Waals surface area contributed by atoms with E-state index in [0.29, 0.717) is 13.1 Å². The summed E-state index contributed by atoms with van der Waals surface area (Å²) < 4.78 is 19.8. The second-order valence-corrected chi connectivity index (χ2v) is 6.82. The number of rotatable bonds is 4. The predicted molar refractivity (Wildman–Crippen MR) is 91.6 cm³/mol. The summed E-state index contributed by atoms with van der Waals surface area (Å²) in [7, 11) is 1.68. The fourth-order valence-corrected chi connectivity index (χ4v) is 3.52. The molecule has 1 aromatic carbocycles. The molecule has 1 unspecified atom stereocenters. The highest BCUT2D eigenvalue weighted by atomic mass is 19.1. The maximum absolute atomic E-state index is 14.5. The third-order valence-corrected chi connectivity index (χ3v) is 5.11. The molecule has 0 radical (unpaired) electrons. The van der Waals surface area contributed by atoms with Gasteiger partial charge in [0.1, 0.15) is 5.82 Å². The van der Waals surface area contributed by atoms with E-state index < -0.39 is 11.7 Å². The van der Waals surface area contributed by atoms with Gasteiger partial charge < -0.3 is 19.9 Å². The van der Waals surface area contributed by atoms with Crippen LogP contribution in [0, 0.1) is 23.2 Å². The molecule has 3 rings (SSSR count). The zero-order valence-electron chi connectivity index (χ0n) is 14.5. The number of amides is 1. The normalized spacial score (nSPS) is 25.9.